The van der Waals surface area contributed by atoms with Gasteiger partial charge >= 0.3 is 0 Å². The lowest BCUT2D eigenvalue weighted by Gasteiger charge is -2.16. The number of carbonyl (C=O) groups is 2. The molecule has 2 aromatic carbocycles. The second-order valence-electron chi connectivity index (χ2n) is 6.22. The molecule has 0 unspecified atom stereocenters. The van der Waals surface area contributed by atoms with Crippen molar-refractivity contribution in [3.05, 3.63) is 54.7 Å². The molecular weight excluding hydrogens is 330 g/mol. The number of ether oxygens (including phenoxy) is 1. The van der Waals surface area contributed by atoms with Gasteiger partial charge in [0.1, 0.15) is 5.75 Å². The number of nitrogens with one attached hydrogen (secondary N) is 2. The van der Waals surface area contributed by atoms with Gasteiger partial charge in [-0.3, -0.25) is 9.59 Å². The number of H-pyrrole nitrogens is 1. The number of nitrogens with zero attached hydrogens (tertiary/aromatic N) is 1. The summed E-state index contributed by atoms with van der Waals surface area (Å²) in [6.07, 6.45) is 3.33. The molecule has 1 fully saturated rings. The summed E-state index contributed by atoms with van der Waals surface area (Å²) in [5.74, 6) is 0.518. The summed E-state index contributed by atoms with van der Waals surface area (Å²) in [4.78, 5) is 28.8. The van der Waals surface area contributed by atoms with E-state index < -0.39 is 0 Å². The smallest absolute Gasteiger partial charge is 0.262 e. The Bertz CT molecular complexity index is 946. The van der Waals surface area contributed by atoms with E-state index in [0.29, 0.717) is 12.2 Å². The van der Waals surface area contributed by atoms with Crippen LogP contribution in [0.25, 0.3) is 10.9 Å². The largest absolute Gasteiger partial charge is 0.484 e. The Hall–Kier alpha value is -3.28. The van der Waals surface area contributed by atoms with Crippen LogP contribution in [0, 0.1) is 0 Å². The van der Waals surface area contributed by atoms with Gasteiger partial charge in [0.25, 0.3) is 5.91 Å². The van der Waals surface area contributed by atoms with E-state index in [1.165, 1.54) is 0 Å². The second-order valence-corrected chi connectivity index (χ2v) is 6.22. The first-order valence-electron chi connectivity index (χ1n) is 8.60. The maximum absolute atomic E-state index is 12.2. The van der Waals surface area contributed by atoms with Gasteiger partial charge < -0.3 is 19.9 Å². The zero-order valence-electron chi connectivity index (χ0n) is 14.2. The standard InChI is InChI=1S/C20H19N3O3/c24-19(22-18-4-1-3-17-16(18)10-11-21-17)13-26-15-8-6-14(7-9-15)23-12-2-5-20(23)25/h1,3-4,6-11,21H,2,5,12-13H2,(H,22,24). The molecule has 0 radical (unpaired) electrons. The van der Waals surface area contributed by atoms with Gasteiger partial charge in [-0.15, -0.1) is 0 Å². The van der Waals surface area contributed by atoms with Crippen LogP contribution in [-0.4, -0.2) is 29.9 Å². The molecule has 2 N–H and O–H groups in total. The number of fused-ring (bicyclic) bond motifs is 1. The first-order valence-corrected chi connectivity index (χ1v) is 8.60. The van der Waals surface area contributed by atoms with Gasteiger partial charge in [-0.25, -0.2) is 0 Å². The van der Waals surface area contributed by atoms with Gasteiger partial charge in [0.15, 0.2) is 6.61 Å². The summed E-state index contributed by atoms with van der Waals surface area (Å²) in [6, 6.07) is 14.9. The Labute approximate surface area is 150 Å². The van der Waals surface area contributed by atoms with Crippen molar-refractivity contribution in [2.24, 2.45) is 0 Å². The monoisotopic (exact) mass is 349 g/mol. The lowest BCUT2D eigenvalue weighted by atomic mass is 10.2. The highest BCUT2D eigenvalue weighted by molar-refractivity contribution is 6.01. The zero-order valence-corrected chi connectivity index (χ0v) is 14.2. The van der Waals surface area contributed by atoms with Crippen molar-refractivity contribution >= 4 is 34.1 Å². The molecule has 2 heterocycles. The highest BCUT2D eigenvalue weighted by atomic mass is 16.5. The van der Waals surface area contributed by atoms with Crippen LogP contribution in [-0.2, 0) is 9.59 Å². The van der Waals surface area contributed by atoms with Crippen molar-refractivity contribution in [1.29, 1.82) is 0 Å². The Balaban J connectivity index is 1.35. The van der Waals surface area contributed by atoms with Crippen LogP contribution < -0.4 is 15.0 Å². The molecule has 0 bridgehead atoms. The van der Waals surface area contributed by atoms with Crippen LogP contribution in [0.4, 0.5) is 11.4 Å². The minimum atomic E-state index is -0.225. The van der Waals surface area contributed by atoms with Crippen molar-refractivity contribution in [2.75, 3.05) is 23.4 Å². The summed E-state index contributed by atoms with van der Waals surface area (Å²) in [5.41, 5.74) is 2.58. The van der Waals surface area contributed by atoms with Crippen LogP contribution in [0.2, 0.25) is 0 Å². The lowest BCUT2D eigenvalue weighted by molar-refractivity contribution is -0.118. The van der Waals surface area contributed by atoms with Gasteiger partial charge in [-0.1, -0.05) is 6.07 Å². The van der Waals surface area contributed by atoms with E-state index in [4.69, 9.17) is 4.74 Å². The number of rotatable bonds is 5. The van der Waals surface area contributed by atoms with Crippen molar-refractivity contribution in [1.82, 2.24) is 4.98 Å². The third-order valence-electron chi connectivity index (χ3n) is 4.46. The molecule has 26 heavy (non-hydrogen) atoms. The van der Waals surface area contributed by atoms with E-state index in [1.54, 1.807) is 17.0 Å². The molecule has 3 aromatic rings. The Morgan fingerprint density at radius 2 is 2.00 bits per heavy atom. The number of hydrogen-bond acceptors (Lipinski definition) is 3. The number of hydrogen-bond donors (Lipinski definition) is 2. The fourth-order valence-corrected chi connectivity index (χ4v) is 3.17. The zero-order chi connectivity index (χ0) is 17.9. The number of anilines is 2. The molecule has 0 saturated carbocycles. The third kappa shape index (κ3) is 3.26. The second kappa shape index (κ2) is 6.92. The van der Waals surface area contributed by atoms with E-state index in [0.717, 1.165) is 35.2 Å². The maximum atomic E-state index is 12.2. The number of amides is 2. The fourth-order valence-electron chi connectivity index (χ4n) is 3.17. The molecule has 2 amide bonds. The highest BCUT2D eigenvalue weighted by Crippen LogP contribution is 2.24. The molecule has 6 heteroatoms. The van der Waals surface area contributed by atoms with Gasteiger partial charge in [0.2, 0.25) is 5.91 Å². The molecule has 0 spiro atoms. The summed E-state index contributed by atoms with van der Waals surface area (Å²) in [7, 11) is 0. The van der Waals surface area contributed by atoms with E-state index in [2.05, 4.69) is 10.3 Å². The van der Waals surface area contributed by atoms with Gasteiger partial charge in [0.05, 0.1) is 5.69 Å². The van der Waals surface area contributed by atoms with Crippen molar-refractivity contribution in [2.45, 2.75) is 12.8 Å². The molecular formula is C20H19N3O3. The number of carbonyl (C=O) groups excluding carboxylic acids is 2. The Kier molecular flexibility index (Phi) is 4.31. The first-order chi connectivity index (χ1) is 12.7. The SMILES string of the molecule is O=C(COc1ccc(N2CCCC2=O)cc1)Nc1cccc2[nH]ccc12. The average molecular weight is 349 g/mol. The molecule has 132 valence electrons. The van der Waals surface area contributed by atoms with Crippen LogP contribution in [0.15, 0.2) is 54.7 Å². The molecule has 6 nitrogen and oxygen atoms in total. The van der Waals surface area contributed by atoms with E-state index in [1.807, 2.05) is 42.6 Å². The molecule has 0 aliphatic carbocycles. The molecule has 1 saturated heterocycles. The normalized spacial score (nSPS) is 14.0. The molecule has 0 atom stereocenters. The van der Waals surface area contributed by atoms with Crippen molar-refractivity contribution < 1.29 is 14.3 Å². The first kappa shape index (κ1) is 16.2. The third-order valence-corrected chi connectivity index (χ3v) is 4.46. The highest BCUT2D eigenvalue weighted by Gasteiger charge is 2.21. The van der Waals surface area contributed by atoms with Gasteiger partial charge in [-0.2, -0.15) is 0 Å². The minimum absolute atomic E-state index is 0.0806. The molecule has 4 rings (SSSR count). The average Bonchev–Trinajstić information content (AvgIpc) is 3.30. The molecule has 1 aliphatic heterocycles. The van der Waals surface area contributed by atoms with Crippen molar-refractivity contribution in [3.63, 3.8) is 0 Å². The maximum Gasteiger partial charge on any atom is 0.262 e. The van der Waals surface area contributed by atoms with Crippen molar-refractivity contribution in [3.8, 4) is 5.75 Å². The molecule has 1 aromatic heterocycles. The lowest BCUT2D eigenvalue weighted by Crippen LogP contribution is -2.23. The molecule has 1 aliphatic rings. The van der Waals surface area contributed by atoms with Crippen LogP contribution >= 0.6 is 0 Å². The predicted molar refractivity (Wildman–Crippen MR) is 100 cm³/mol. The number of aromatic amines is 1. The quantitative estimate of drug-likeness (QED) is 0.742. The Morgan fingerprint density at radius 3 is 2.77 bits per heavy atom. The minimum Gasteiger partial charge on any atom is -0.484 e. The summed E-state index contributed by atoms with van der Waals surface area (Å²) < 4.78 is 5.55. The summed E-state index contributed by atoms with van der Waals surface area (Å²) in [6.45, 7) is 0.676. The Morgan fingerprint density at radius 1 is 1.15 bits per heavy atom. The van der Waals surface area contributed by atoms with Gasteiger partial charge in [0, 0.05) is 35.8 Å². The number of benzene rings is 2. The topological polar surface area (TPSA) is 74.4 Å². The van der Waals surface area contributed by atoms with E-state index in [-0.39, 0.29) is 18.4 Å². The fraction of sp³-hybridized carbons (Fsp3) is 0.200. The summed E-state index contributed by atoms with van der Waals surface area (Å²) >= 11 is 0. The van der Waals surface area contributed by atoms with Gasteiger partial charge in [-0.05, 0) is 48.9 Å². The summed E-state index contributed by atoms with van der Waals surface area (Å²) in [5, 5.41) is 3.83. The predicted octanol–water partition coefficient (Wildman–Crippen LogP) is 3.31. The number of aromatic nitrogens is 1. The van der Waals surface area contributed by atoms with Crippen LogP contribution in [0.5, 0.6) is 5.75 Å². The van der Waals surface area contributed by atoms with E-state index in [9.17, 15) is 9.59 Å². The van der Waals surface area contributed by atoms with E-state index >= 15 is 0 Å². The van der Waals surface area contributed by atoms with Crippen LogP contribution in [0.3, 0.4) is 0 Å². The van der Waals surface area contributed by atoms with Crippen LogP contribution in [0.1, 0.15) is 12.8 Å².